The molecule has 1 aliphatic rings. The second-order valence-corrected chi connectivity index (χ2v) is 4.94. The highest BCUT2D eigenvalue weighted by atomic mass is 19.1. The van der Waals surface area contributed by atoms with Gasteiger partial charge in [-0.3, -0.25) is 4.79 Å². The van der Waals surface area contributed by atoms with Crippen LogP contribution < -0.4 is 10.2 Å². The number of rotatable bonds is 4. The molecule has 0 spiro atoms. The first-order valence-corrected chi connectivity index (χ1v) is 6.35. The van der Waals surface area contributed by atoms with E-state index < -0.39 is 0 Å². The molecule has 3 nitrogen and oxygen atoms in total. The van der Waals surface area contributed by atoms with Crippen molar-refractivity contribution in [1.82, 2.24) is 5.32 Å². The maximum absolute atomic E-state index is 13.2. The molecule has 2 rings (SSSR count). The molecule has 18 heavy (non-hydrogen) atoms. The van der Waals surface area contributed by atoms with Crippen LogP contribution in [0.3, 0.4) is 0 Å². The molecular formula is C14H19FN2O. The Morgan fingerprint density at radius 2 is 2.22 bits per heavy atom. The summed E-state index contributed by atoms with van der Waals surface area (Å²) in [5, 5.41) is 3.11. The zero-order chi connectivity index (χ0) is 13.1. The zero-order valence-corrected chi connectivity index (χ0v) is 10.9. The van der Waals surface area contributed by atoms with Crippen molar-refractivity contribution in [2.45, 2.75) is 19.8 Å². The Bertz CT molecular complexity index is 447. The number of nitrogens with one attached hydrogen (secondary N) is 1. The van der Waals surface area contributed by atoms with Gasteiger partial charge in [-0.05, 0) is 49.7 Å². The summed E-state index contributed by atoms with van der Waals surface area (Å²) in [6.07, 6.45) is 1.12. The van der Waals surface area contributed by atoms with E-state index in [-0.39, 0.29) is 11.7 Å². The van der Waals surface area contributed by atoms with Gasteiger partial charge in [0.15, 0.2) is 0 Å². The second-order valence-electron chi connectivity index (χ2n) is 4.94. The Labute approximate surface area is 107 Å². The molecule has 0 aromatic heterocycles. The largest absolute Gasteiger partial charge is 0.319 e. The van der Waals surface area contributed by atoms with Crippen molar-refractivity contribution in [2.75, 3.05) is 25.0 Å². The second kappa shape index (κ2) is 5.48. The lowest BCUT2D eigenvalue weighted by Gasteiger charge is -2.31. The van der Waals surface area contributed by atoms with Crippen molar-refractivity contribution < 1.29 is 9.18 Å². The number of carbonyl (C=O) groups is 1. The molecule has 98 valence electrons. The lowest BCUT2D eigenvalue weighted by molar-refractivity contribution is -0.119. The molecule has 0 saturated heterocycles. The van der Waals surface area contributed by atoms with Crippen LogP contribution in [0.2, 0.25) is 0 Å². The number of aryl methyl sites for hydroxylation is 1. The maximum Gasteiger partial charge on any atom is 0.227 e. The maximum atomic E-state index is 13.2. The van der Waals surface area contributed by atoms with E-state index in [2.05, 4.69) is 12.2 Å². The zero-order valence-electron chi connectivity index (χ0n) is 10.9. The van der Waals surface area contributed by atoms with E-state index in [0.717, 1.165) is 17.8 Å². The number of benzene rings is 1. The van der Waals surface area contributed by atoms with Gasteiger partial charge in [-0.15, -0.1) is 0 Å². The minimum Gasteiger partial charge on any atom is -0.319 e. The van der Waals surface area contributed by atoms with Gasteiger partial charge in [-0.25, -0.2) is 4.39 Å². The summed E-state index contributed by atoms with van der Waals surface area (Å²) in [6.45, 7) is 3.64. The Morgan fingerprint density at radius 3 is 2.94 bits per heavy atom. The van der Waals surface area contributed by atoms with E-state index in [0.29, 0.717) is 25.3 Å². The van der Waals surface area contributed by atoms with Crippen LogP contribution in [-0.4, -0.2) is 26.0 Å². The highest BCUT2D eigenvalue weighted by Gasteiger charge is 2.25. The molecular weight excluding hydrogens is 231 g/mol. The van der Waals surface area contributed by atoms with Crippen LogP contribution in [0.5, 0.6) is 0 Å². The Hall–Kier alpha value is -1.42. The van der Waals surface area contributed by atoms with E-state index >= 15 is 0 Å². The normalized spacial score (nSPS) is 16.6. The number of fused-ring (bicyclic) bond motifs is 1. The molecule has 1 unspecified atom stereocenters. The minimum atomic E-state index is -0.230. The molecule has 0 fully saturated rings. The van der Waals surface area contributed by atoms with Crippen LogP contribution in [0.4, 0.5) is 10.1 Å². The van der Waals surface area contributed by atoms with Gasteiger partial charge < -0.3 is 10.2 Å². The first-order chi connectivity index (χ1) is 8.61. The molecule has 1 aromatic carbocycles. The summed E-state index contributed by atoms with van der Waals surface area (Å²) in [7, 11) is 1.90. The number of amides is 1. The van der Waals surface area contributed by atoms with Gasteiger partial charge in [0.05, 0.1) is 0 Å². The van der Waals surface area contributed by atoms with E-state index in [1.807, 2.05) is 7.05 Å². The third-order valence-corrected chi connectivity index (χ3v) is 3.29. The molecule has 1 aromatic rings. The van der Waals surface area contributed by atoms with Crippen LogP contribution >= 0.6 is 0 Å². The van der Waals surface area contributed by atoms with Crippen LogP contribution in [0, 0.1) is 11.7 Å². The molecule has 4 heteroatoms. The highest BCUT2D eigenvalue weighted by Crippen LogP contribution is 2.29. The Kier molecular flexibility index (Phi) is 3.97. The smallest absolute Gasteiger partial charge is 0.227 e. The van der Waals surface area contributed by atoms with Gasteiger partial charge in [0.25, 0.3) is 0 Å². The molecule has 0 saturated carbocycles. The minimum absolute atomic E-state index is 0.136. The van der Waals surface area contributed by atoms with Crippen molar-refractivity contribution in [1.29, 1.82) is 0 Å². The fourth-order valence-corrected chi connectivity index (χ4v) is 2.45. The van der Waals surface area contributed by atoms with Gasteiger partial charge in [-0.1, -0.05) is 6.92 Å². The number of anilines is 1. The van der Waals surface area contributed by atoms with E-state index in [4.69, 9.17) is 0 Å². The summed E-state index contributed by atoms with van der Waals surface area (Å²) < 4.78 is 13.2. The van der Waals surface area contributed by atoms with Gasteiger partial charge in [0.1, 0.15) is 5.82 Å². The third-order valence-electron chi connectivity index (χ3n) is 3.29. The lowest BCUT2D eigenvalue weighted by Crippen LogP contribution is -2.40. The number of halogens is 1. The monoisotopic (exact) mass is 250 g/mol. The first-order valence-electron chi connectivity index (χ1n) is 6.35. The first kappa shape index (κ1) is 13.0. The van der Waals surface area contributed by atoms with Crippen molar-refractivity contribution in [3.05, 3.63) is 29.6 Å². The standard InChI is InChI=1S/C14H19FN2O/c1-10(8-16-2)9-17-13-5-4-12(15)7-11(13)3-6-14(17)18/h4-5,7,10,16H,3,6,8-9H2,1-2H3. The van der Waals surface area contributed by atoms with Crippen LogP contribution in [0.1, 0.15) is 18.9 Å². The quantitative estimate of drug-likeness (QED) is 0.886. The summed E-state index contributed by atoms with van der Waals surface area (Å²) in [4.78, 5) is 13.8. The van der Waals surface area contributed by atoms with Crippen molar-refractivity contribution in [3.8, 4) is 0 Å². The molecule has 1 aliphatic heterocycles. The van der Waals surface area contributed by atoms with Crippen molar-refractivity contribution in [2.24, 2.45) is 5.92 Å². The van der Waals surface area contributed by atoms with Gasteiger partial charge in [0.2, 0.25) is 5.91 Å². The average Bonchev–Trinajstić information content (AvgIpc) is 2.33. The summed E-state index contributed by atoms with van der Waals surface area (Å²) in [6, 6.07) is 4.68. The number of hydrogen-bond donors (Lipinski definition) is 1. The van der Waals surface area contributed by atoms with Gasteiger partial charge >= 0.3 is 0 Å². The van der Waals surface area contributed by atoms with Crippen LogP contribution in [0.25, 0.3) is 0 Å². The average molecular weight is 250 g/mol. The molecule has 1 amide bonds. The predicted molar refractivity (Wildman–Crippen MR) is 70.2 cm³/mol. The van der Waals surface area contributed by atoms with Crippen molar-refractivity contribution in [3.63, 3.8) is 0 Å². The molecule has 0 radical (unpaired) electrons. The van der Waals surface area contributed by atoms with E-state index in [9.17, 15) is 9.18 Å². The molecule has 1 N–H and O–H groups in total. The third kappa shape index (κ3) is 2.70. The van der Waals surface area contributed by atoms with Gasteiger partial charge in [0, 0.05) is 18.7 Å². The lowest BCUT2D eigenvalue weighted by atomic mass is 9.99. The summed E-state index contributed by atoms with van der Waals surface area (Å²) in [5.74, 6) is 0.276. The summed E-state index contributed by atoms with van der Waals surface area (Å²) >= 11 is 0. The molecule has 0 bridgehead atoms. The summed E-state index contributed by atoms with van der Waals surface area (Å²) in [5.41, 5.74) is 1.81. The Balaban J connectivity index is 2.22. The van der Waals surface area contributed by atoms with Crippen molar-refractivity contribution >= 4 is 11.6 Å². The fourth-order valence-electron chi connectivity index (χ4n) is 2.45. The van der Waals surface area contributed by atoms with Gasteiger partial charge in [-0.2, -0.15) is 0 Å². The van der Waals surface area contributed by atoms with Crippen LogP contribution in [0.15, 0.2) is 18.2 Å². The molecule has 1 atom stereocenters. The number of hydrogen-bond acceptors (Lipinski definition) is 2. The highest BCUT2D eigenvalue weighted by molar-refractivity contribution is 5.96. The fraction of sp³-hybridized carbons (Fsp3) is 0.500. The van der Waals surface area contributed by atoms with Crippen LogP contribution in [-0.2, 0) is 11.2 Å². The Morgan fingerprint density at radius 1 is 1.44 bits per heavy atom. The van der Waals surface area contributed by atoms with E-state index in [1.165, 1.54) is 12.1 Å². The van der Waals surface area contributed by atoms with E-state index in [1.54, 1.807) is 11.0 Å². The molecule has 0 aliphatic carbocycles. The number of carbonyl (C=O) groups excluding carboxylic acids is 1. The number of nitrogens with zero attached hydrogens (tertiary/aromatic N) is 1. The predicted octanol–water partition coefficient (Wildman–Crippen LogP) is 1.96. The SMILES string of the molecule is CNCC(C)CN1C(=O)CCc2cc(F)ccc21. The topological polar surface area (TPSA) is 32.3 Å². The molecule has 1 heterocycles.